The zero-order valence-electron chi connectivity index (χ0n) is 22.6. The summed E-state index contributed by atoms with van der Waals surface area (Å²) in [5.74, 6) is -0.356. The van der Waals surface area contributed by atoms with Gasteiger partial charge in [-0.1, -0.05) is 24.3 Å². The molecule has 10 heteroatoms. The number of anilines is 1. The van der Waals surface area contributed by atoms with Gasteiger partial charge >= 0.3 is 5.97 Å². The number of imidazole rings is 1. The summed E-state index contributed by atoms with van der Waals surface area (Å²) >= 11 is 0. The fourth-order valence-electron chi connectivity index (χ4n) is 5.74. The number of ether oxygens (including phenoxy) is 1. The zero-order valence-corrected chi connectivity index (χ0v) is 23.4. The molecule has 1 aliphatic rings. The first-order valence-corrected chi connectivity index (χ1v) is 15.0. The number of nitriles is 1. The molecule has 1 aromatic heterocycles. The number of esters is 1. The van der Waals surface area contributed by atoms with Crippen molar-refractivity contribution < 1.29 is 17.9 Å². The lowest BCUT2D eigenvalue weighted by molar-refractivity contribution is -0.166. The molecule has 2 heterocycles. The van der Waals surface area contributed by atoms with Crippen LogP contribution in [-0.2, 0) is 38.9 Å². The van der Waals surface area contributed by atoms with E-state index in [1.54, 1.807) is 36.7 Å². The molecule has 9 nitrogen and oxygen atoms in total. The number of aromatic nitrogens is 2. The minimum Gasteiger partial charge on any atom is -0.466 e. The Morgan fingerprint density at radius 1 is 1.26 bits per heavy atom. The molecule has 0 amide bonds. The number of piperidine rings is 1. The Bertz CT molecular complexity index is 1420. The van der Waals surface area contributed by atoms with Crippen LogP contribution in [0.2, 0.25) is 0 Å². The molecular formula is C29H35N5O4S. The molecule has 0 radical (unpaired) electrons. The van der Waals surface area contributed by atoms with E-state index in [0.29, 0.717) is 43.6 Å². The molecule has 1 fully saturated rings. The number of benzene rings is 2. The van der Waals surface area contributed by atoms with Gasteiger partial charge in [-0.05, 0) is 81.0 Å². The first-order chi connectivity index (χ1) is 18.6. The predicted octanol–water partition coefficient (Wildman–Crippen LogP) is 3.90. The molecule has 0 bridgehead atoms. The average Bonchev–Trinajstić information content (AvgIpc) is 3.41. The van der Waals surface area contributed by atoms with Gasteiger partial charge in [0.2, 0.25) is 10.0 Å². The summed E-state index contributed by atoms with van der Waals surface area (Å²) in [4.78, 5) is 23.6. The molecule has 3 aromatic rings. The molecule has 3 atom stereocenters. The number of hydrogen-bond donors (Lipinski definition) is 2. The number of rotatable bonds is 10. The second kappa shape index (κ2) is 12.0. The lowest BCUT2D eigenvalue weighted by Crippen LogP contribution is -2.57. The van der Waals surface area contributed by atoms with Crippen molar-refractivity contribution in [2.45, 2.75) is 45.7 Å². The Hall–Kier alpha value is -3.68. The van der Waals surface area contributed by atoms with E-state index in [4.69, 9.17) is 4.74 Å². The Morgan fingerprint density at radius 2 is 2.03 bits per heavy atom. The summed E-state index contributed by atoms with van der Waals surface area (Å²) in [5.41, 5.74) is 3.11. The van der Waals surface area contributed by atoms with Crippen LogP contribution in [0.4, 0.5) is 5.69 Å². The monoisotopic (exact) mass is 549 g/mol. The van der Waals surface area contributed by atoms with Gasteiger partial charge in [0.1, 0.15) is 0 Å². The molecule has 0 aliphatic carbocycles. The van der Waals surface area contributed by atoms with Gasteiger partial charge in [0.25, 0.3) is 0 Å². The number of nitrogens with zero attached hydrogens (tertiary/aromatic N) is 3. The smallest absolute Gasteiger partial charge is 0.312 e. The fraction of sp³-hybridized carbons (Fsp3) is 0.414. The molecule has 1 saturated heterocycles. The number of aromatic amines is 1. The van der Waals surface area contributed by atoms with Crippen molar-refractivity contribution >= 4 is 21.7 Å². The molecule has 39 heavy (non-hydrogen) atoms. The highest BCUT2D eigenvalue weighted by molar-refractivity contribution is 7.92. The zero-order chi connectivity index (χ0) is 28.0. The number of nitrogens with one attached hydrogen (secondary N) is 2. The number of carbonyl (C=O) groups is 1. The first kappa shape index (κ1) is 28.3. The van der Waals surface area contributed by atoms with Crippen molar-refractivity contribution in [2.24, 2.45) is 11.3 Å². The van der Waals surface area contributed by atoms with E-state index < -0.39 is 15.4 Å². The Labute approximate surface area is 230 Å². The van der Waals surface area contributed by atoms with E-state index in [-0.39, 0.29) is 24.5 Å². The lowest BCUT2D eigenvalue weighted by atomic mass is 9.62. The number of hydrogen-bond acceptors (Lipinski definition) is 7. The molecule has 0 spiro atoms. The van der Waals surface area contributed by atoms with Crippen LogP contribution < -0.4 is 4.72 Å². The minimum atomic E-state index is -3.44. The van der Waals surface area contributed by atoms with Gasteiger partial charge in [-0.3, -0.25) is 14.4 Å². The van der Waals surface area contributed by atoms with Gasteiger partial charge in [-0.15, -0.1) is 0 Å². The lowest BCUT2D eigenvalue weighted by Gasteiger charge is -2.50. The van der Waals surface area contributed by atoms with Gasteiger partial charge in [-0.25, -0.2) is 13.4 Å². The summed E-state index contributed by atoms with van der Waals surface area (Å²) in [5, 5.41) is 9.25. The largest absolute Gasteiger partial charge is 0.466 e. The van der Waals surface area contributed by atoms with Crippen LogP contribution in [-0.4, -0.2) is 54.7 Å². The van der Waals surface area contributed by atoms with Crippen molar-refractivity contribution in [3.05, 3.63) is 83.4 Å². The Morgan fingerprint density at radius 3 is 2.67 bits per heavy atom. The molecule has 3 unspecified atom stereocenters. The van der Waals surface area contributed by atoms with Crippen LogP contribution >= 0.6 is 0 Å². The summed E-state index contributed by atoms with van der Waals surface area (Å²) in [6.07, 6.45) is 6.20. The second-order valence-electron chi connectivity index (χ2n) is 10.3. The highest BCUT2D eigenvalue weighted by atomic mass is 32.2. The normalized spacial score (nSPS) is 21.7. The van der Waals surface area contributed by atoms with Crippen LogP contribution in [0.1, 0.15) is 42.7 Å². The first-order valence-electron chi connectivity index (χ1n) is 13.1. The van der Waals surface area contributed by atoms with Gasteiger partial charge < -0.3 is 9.72 Å². The minimum absolute atomic E-state index is 0.0134. The van der Waals surface area contributed by atoms with E-state index in [1.165, 1.54) is 0 Å². The van der Waals surface area contributed by atoms with Crippen molar-refractivity contribution in [3.8, 4) is 6.07 Å². The maximum absolute atomic E-state index is 13.9. The Kier molecular flexibility index (Phi) is 8.73. The number of sulfonamides is 1. The van der Waals surface area contributed by atoms with Gasteiger partial charge in [0, 0.05) is 30.2 Å². The highest BCUT2D eigenvalue weighted by Gasteiger charge is 2.52. The molecule has 2 N–H and O–H groups in total. The van der Waals surface area contributed by atoms with Crippen LogP contribution in [0.3, 0.4) is 0 Å². The molecular weight excluding hydrogens is 514 g/mol. The average molecular weight is 550 g/mol. The van der Waals surface area contributed by atoms with Crippen LogP contribution in [0.5, 0.6) is 0 Å². The topological polar surface area (TPSA) is 128 Å². The van der Waals surface area contributed by atoms with Gasteiger partial charge in [-0.2, -0.15) is 5.26 Å². The number of likely N-dealkylation sites (tertiary alicyclic amines) is 1. The summed E-state index contributed by atoms with van der Waals surface area (Å²) in [7, 11) is -3.44. The molecule has 0 saturated carbocycles. The maximum atomic E-state index is 13.9. The van der Waals surface area contributed by atoms with Crippen LogP contribution in [0.25, 0.3) is 0 Å². The van der Waals surface area contributed by atoms with E-state index in [1.807, 2.05) is 31.3 Å². The molecule has 4 rings (SSSR count). The van der Waals surface area contributed by atoms with E-state index in [2.05, 4.69) is 32.6 Å². The molecule has 2 aromatic carbocycles. The number of carbonyl (C=O) groups excluding carboxylic acids is 1. The predicted molar refractivity (Wildman–Crippen MR) is 149 cm³/mol. The van der Waals surface area contributed by atoms with Crippen LogP contribution in [0.15, 0.2) is 61.1 Å². The third-order valence-corrected chi connectivity index (χ3v) is 8.22. The Balaban J connectivity index is 1.74. The van der Waals surface area contributed by atoms with Crippen molar-refractivity contribution in [3.63, 3.8) is 0 Å². The summed E-state index contributed by atoms with van der Waals surface area (Å²) in [6.45, 7) is 5.60. The third-order valence-electron chi connectivity index (χ3n) is 7.61. The van der Waals surface area contributed by atoms with Crippen LogP contribution in [0, 0.1) is 22.7 Å². The summed E-state index contributed by atoms with van der Waals surface area (Å²) in [6, 6.07) is 16.9. The maximum Gasteiger partial charge on any atom is 0.312 e. The van der Waals surface area contributed by atoms with Crippen molar-refractivity contribution in [2.75, 3.05) is 24.1 Å². The van der Waals surface area contributed by atoms with Crippen molar-refractivity contribution in [1.82, 2.24) is 14.9 Å². The molecule has 206 valence electrons. The standard InChI is InChI=1S/C29H35N5O4S/c1-4-38-28(35)29(16-24-6-5-7-25(14-24)33-39(3,36)37)12-13-34(19-26-18-31-20-32-26)21(2)27(29)15-22-8-10-23(17-30)11-9-22/h5-11,14,18,20-21,27,33H,4,12-13,15-16,19H2,1-3H3,(H,31,32). The molecule has 1 aliphatic heterocycles. The summed E-state index contributed by atoms with van der Waals surface area (Å²) < 4.78 is 32.0. The van der Waals surface area contributed by atoms with E-state index >= 15 is 0 Å². The van der Waals surface area contributed by atoms with E-state index in [9.17, 15) is 18.5 Å². The quantitative estimate of drug-likeness (QED) is 0.367. The SMILES string of the molecule is CCOC(=O)C1(Cc2cccc(NS(C)(=O)=O)c2)CCN(Cc2cnc[nH]2)C(C)C1Cc1ccc(C#N)cc1. The number of H-pyrrole nitrogens is 1. The third kappa shape index (κ3) is 6.85. The highest BCUT2D eigenvalue weighted by Crippen LogP contribution is 2.46. The van der Waals surface area contributed by atoms with Gasteiger partial charge in [0.15, 0.2) is 0 Å². The second-order valence-corrected chi connectivity index (χ2v) is 12.0. The van der Waals surface area contributed by atoms with E-state index in [0.717, 1.165) is 23.1 Å². The fourth-order valence-corrected chi connectivity index (χ4v) is 6.29. The van der Waals surface area contributed by atoms with Gasteiger partial charge in [0.05, 0.1) is 36.2 Å². The van der Waals surface area contributed by atoms with Crippen molar-refractivity contribution in [1.29, 1.82) is 5.26 Å².